The zero-order chi connectivity index (χ0) is 31.3. The van der Waals surface area contributed by atoms with Gasteiger partial charge in [-0.3, -0.25) is 9.59 Å². The molecule has 0 bridgehead atoms. The van der Waals surface area contributed by atoms with Crippen LogP contribution in [0.25, 0.3) is 6.08 Å². The van der Waals surface area contributed by atoms with Crippen molar-refractivity contribution in [3.05, 3.63) is 39.0 Å². The number of piperidine rings is 1. The lowest BCUT2D eigenvalue weighted by Gasteiger charge is -2.39. The number of ether oxygens (including phenoxy) is 1. The van der Waals surface area contributed by atoms with E-state index in [-0.39, 0.29) is 18.4 Å². The predicted molar refractivity (Wildman–Crippen MR) is 166 cm³/mol. The molecule has 1 aromatic rings. The Balaban J connectivity index is 0.00000411. The quantitative estimate of drug-likeness (QED) is 0.304. The summed E-state index contributed by atoms with van der Waals surface area (Å²) in [6.07, 6.45) is 3.16. The van der Waals surface area contributed by atoms with Crippen molar-refractivity contribution < 1.29 is 27.5 Å². The molecule has 1 fully saturated rings. The average Bonchev–Trinajstić information content (AvgIpc) is 3.38. The lowest BCUT2D eigenvalue weighted by atomic mass is 10.1. The van der Waals surface area contributed by atoms with Crippen molar-refractivity contribution in [1.29, 1.82) is 0 Å². The van der Waals surface area contributed by atoms with Gasteiger partial charge in [-0.1, -0.05) is 39.0 Å². The van der Waals surface area contributed by atoms with E-state index in [1.165, 1.54) is 29.4 Å². The Morgan fingerprint density at radius 2 is 1.90 bits per heavy atom. The molecule has 232 valence electrons. The molecule has 1 aliphatic rings. The first-order valence-electron chi connectivity index (χ1n) is 13.9. The van der Waals surface area contributed by atoms with E-state index in [4.69, 9.17) is 16.3 Å². The fraction of sp³-hybridized carbons (Fsp3) is 0.607. The number of hydrogen-bond acceptors (Lipinski definition) is 8. The second kappa shape index (κ2) is 17.5. The van der Waals surface area contributed by atoms with Crippen LogP contribution < -0.4 is 4.72 Å². The number of sulfonamides is 1. The zero-order valence-electron chi connectivity index (χ0n) is 25.2. The number of halogens is 1. The highest BCUT2D eigenvalue weighted by Crippen LogP contribution is 2.23. The van der Waals surface area contributed by atoms with E-state index >= 15 is 0 Å². The maximum atomic E-state index is 13.4. The Morgan fingerprint density at radius 3 is 2.44 bits per heavy atom. The minimum Gasteiger partial charge on any atom is -0.467 e. The van der Waals surface area contributed by atoms with Gasteiger partial charge in [-0.15, -0.1) is 11.3 Å². The largest absolute Gasteiger partial charge is 0.467 e. The van der Waals surface area contributed by atoms with Crippen molar-refractivity contribution in [2.24, 2.45) is 0 Å². The smallest absolute Gasteiger partial charge is 0.328 e. The average molecular weight is 633 g/mol. The third-order valence-electron chi connectivity index (χ3n) is 6.55. The maximum Gasteiger partial charge on any atom is 0.328 e. The molecule has 2 heterocycles. The minimum absolute atomic E-state index is 0.150. The highest BCUT2D eigenvalue weighted by Gasteiger charge is 2.35. The summed E-state index contributed by atoms with van der Waals surface area (Å²) in [5, 5.41) is 1.03. The van der Waals surface area contributed by atoms with Crippen molar-refractivity contribution in [2.45, 2.75) is 78.9 Å². The second-order valence-corrected chi connectivity index (χ2v) is 12.7. The normalized spacial score (nSPS) is 16.9. The number of likely N-dealkylation sites (tertiary alicyclic amines) is 1. The molecule has 0 radical (unpaired) electrons. The number of hydrogen-bond donors (Lipinski definition) is 1. The number of thiophene rings is 1. The Morgan fingerprint density at radius 1 is 1.24 bits per heavy atom. The molecule has 1 aromatic heterocycles. The lowest BCUT2D eigenvalue weighted by Crippen LogP contribution is -2.55. The summed E-state index contributed by atoms with van der Waals surface area (Å²) in [4.78, 5) is 44.2. The molecule has 41 heavy (non-hydrogen) atoms. The number of carbonyl (C=O) groups is 3. The van der Waals surface area contributed by atoms with Crippen molar-refractivity contribution in [1.82, 2.24) is 19.4 Å². The van der Waals surface area contributed by atoms with Crippen LogP contribution in [0, 0.1) is 0 Å². The summed E-state index contributed by atoms with van der Waals surface area (Å²) >= 11 is 7.14. The summed E-state index contributed by atoms with van der Waals surface area (Å²) in [7, 11) is -2.59. The molecule has 13 heteroatoms. The Hall–Kier alpha value is -2.41. The van der Waals surface area contributed by atoms with Crippen LogP contribution in [-0.2, 0) is 29.1 Å². The summed E-state index contributed by atoms with van der Waals surface area (Å²) in [5.74, 6) is -1.09. The number of rotatable bonds is 14. The van der Waals surface area contributed by atoms with Crippen molar-refractivity contribution >= 4 is 56.8 Å². The van der Waals surface area contributed by atoms with Crippen LogP contribution >= 0.6 is 22.9 Å². The summed E-state index contributed by atoms with van der Waals surface area (Å²) in [5.41, 5.74) is 0.561. The molecule has 0 aromatic carbocycles. The molecule has 0 aliphatic carbocycles. The molecule has 2 amide bonds. The first-order chi connectivity index (χ1) is 19.3. The monoisotopic (exact) mass is 632 g/mol. The number of amides is 2. The minimum atomic E-state index is -3.87. The molecule has 10 nitrogen and oxygen atoms in total. The lowest BCUT2D eigenvalue weighted by molar-refractivity contribution is -0.153. The molecule has 1 unspecified atom stereocenters. The van der Waals surface area contributed by atoms with E-state index in [0.717, 1.165) is 11.8 Å². The van der Waals surface area contributed by atoms with Gasteiger partial charge in [-0.25, -0.2) is 13.2 Å². The van der Waals surface area contributed by atoms with Crippen molar-refractivity contribution in [3.63, 3.8) is 0 Å². The van der Waals surface area contributed by atoms with E-state index in [2.05, 4.69) is 11.3 Å². The summed E-state index contributed by atoms with van der Waals surface area (Å²) in [6.45, 7) is 16.7. The van der Waals surface area contributed by atoms with Gasteiger partial charge in [0.05, 0.1) is 18.0 Å². The molecule has 1 saturated heterocycles. The zero-order valence-corrected chi connectivity index (χ0v) is 27.6. The van der Waals surface area contributed by atoms with E-state index in [0.29, 0.717) is 47.4 Å². The van der Waals surface area contributed by atoms with Crippen LogP contribution in [0.15, 0.2) is 29.8 Å². The number of carbonyl (C=O) groups excluding carboxylic acids is 3. The van der Waals surface area contributed by atoms with Crippen LogP contribution in [0.2, 0.25) is 4.34 Å². The number of methoxy groups -OCH3 is 1. The van der Waals surface area contributed by atoms with E-state index in [9.17, 15) is 22.8 Å². The molecule has 3 atom stereocenters. The van der Waals surface area contributed by atoms with Gasteiger partial charge in [-0.2, -0.15) is 4.72 Å². The number of esters is 1. The van der Waals surface area contributed by atoms with Gasteiger partial charge >= 0.3 is 5.97 Å². The highest BCUT2D eigenvalue weighted by atomic mass is 35.5. The third-order valence-corrected chi connectivity index (χ3v) is 8.85. The SMILES string of the molecule is C=C(CN1CCC[C@H](NS(=O)(=O)/C=C/c2ccc(Cl)s2)C1=O)N(CCC)[C@@H](C)C(=O)N(CC)C(C)C(=O)OC.CC. The molecule has 0 saturated carbocycles. The maximum absolute atomic E-state index is 13.4. The van der Waals surface area contributed by atoms with Gasteiger partial charge in [-0.05, 0) is 58.2 Å². The standard InChI is InChI=1S/C26H39ClN4O6S2.C2H6/c1-7-14-31(19(4)24(32)30(8-2)20(5)26(34)37-6)18(3)17-29-15-9-10-22(25(29)33)28-39(35,36)16-13-21-11-12-23(27)38-21;1-2/h11-13,16,19-20,22,28H,3,7-10,14-15,17H2,1-2,4-6H3;1-2H3/b16-13+;/t19-,20?,22-;/m0./s1. The summed E-state index contributed by atoms with van der Waals surface area (Å²) < 4.78 is 33.1. The molecule has 2 rings (SSSR count). The Kier molecular flexibility index (Phi) is 15.7. The second-order valence-electron chi connectivity index (χ2n) is 9.32. The van der Waals surface area contributed by atoms with E-state index in [1.54, 1.807) is 37.8 Å². The topological polar surface area (TPSA) is 116 Å². The first-order valence-corrected chi connectivity index (χ1v) is 16.7. The summed E-state index contributed by atoms with van der Waals surface area (Å²) in [6, 6.07) is 1.12. The van der Waals surface area contributed by atoms with Crippen LogP contribution in [0.5, 0.6) is 0 Å². The third kappa shape index (κ3) is 10.7. The first kappa shape index (κ1) is 36.6. The van der Waals surface area contributed by atoms with Gasteiger partial charge in [0.15, 0.2) is 0 Å². The van der Waals surface area contributed by atoms with E-state index in [1.807, 2.05) is 25.7 Å². The van der Waals surface area contributed by atoms with Gasteiger partial charge < -0.3 is 19.4 Å². The molecular formula is C28H45ClN4O6S2. The van der Waals surface area contributed by atoms with Gasteiger partial charge in [0.1, 0.15) is 18.1 Å². The van der Waals surface area contributed by atoms with Crippen LogP contribution in [-0.4, -0.2) is 92.3 Å². The molecule has 1 aliphatic heterocycles. The van der Waals surface area contributed by atoms with Crippen LogP contribution in [0.3, 0.4) is 0 Å². The van der Waals surface area contributed by atoms with Crippen molar-refractivity contribution in [2.75, 3.05) is 33.3 Å². The highest BCUT2D eigenvalue weighted by molar-refractivity contribution is 7.92. The molecule has 0 spiro atoms. The fourth-order valence-corrected chi connectivity index (χ4v) is 6.56. The predicted octanol–water partition coefficient (Wildman–Crippen LogP) is 4.33. The Labute approximate surface area is 254 Å². The number of nitrogens with one attached hydrogen (secondary N) is 1. The van der Waals surface area contributed by atoms with Crippen molar-refractivity contribution in [3.8, 4) is 0 Å². The number of nitrogens with zero attached hydrogens (tertiary/aromatic N) is 3. The van der Waals surface area contributed by atoms with Crippen LogP contribution in [0.1, 0.15) is 65.7 Å². The van der Waals surface area contributed by atoms with E-state index < -0.39 is 34.1 Å². The van der Waals surface area contributed by atoms with Crippen LogP contribution in [0.4, 0.5) is 0 Å². The molecular weight excluding hydrogens is 588 g/mol. The van der Waals surface area contributed by atoms with Gasteiger partial charge in [0.2, 0.25) is 21.8 Å². The van der Waals surface area contributed by atoms with Gasteiger partial charge in [0.25, 0.3) is 0 Å². The molecule has 1 N–H and O–H groups in total. The fourth-order valence-electron chi connectivity index (χ4n) is 4.49. The van der Waals surface area contributed by atoms with Gasteiger partial charge in [0, 0.05) is 35.6 Å². The Bertz CT molecular complexity index is 1170. The number of likely N-dealkylation sites (N-methyl/N-ethyl adjacent to an activating group) is 1.